The molecule has 1 aliphatic carbocycles. The molecule has 2 unspecified atom stereocenters. The Bertz CT molecular complexity index is 646. The average Bonchev–Trinajstić information content (AvgIpc) is 2.61. The molecule has 1 aromatic carbocycles. The molecule has 7 heteroatoms. The van der Waals surface area contributed by atoms with E-state index in [9.17, 15) is 14.7 Å². The number of likely N-dealkylation sites (N-methyl/N-ethyl adjacent to an activating group) is 1. The van der Waals surface area contributed by atoms with E-state index in [4.69, 9.17) is 5.11 Å². The lowest BCUT2D eigenvalue weighted by molar-refractivity contribution is -0.139. The summed E-state index contributed by atoms with van der Waals surface area (Å²) in [6.07, 6.45) is 1.60. The number of nitrogens with zero attached hydrogens (tertiary/aromatic N) is 1. The second-order valence-electron chi connectivity index (χ2n) is 8.10. The first-order valence-corrected chi connectivity index (χ1v) is 9.95. The van der Waals surface area contributed by atoms with Gasteiger partial charge in [0.15, 0.2) is 0 Å². The molecule has 0 heterocycles. The van der Waals surface area contributed by atoms with Crippen LogP contribution in [0.5, 0.6) is 0 Å². The summed E-state index contributed by atoms with van der Waals surface area (Å²) in [5, 5.41) is 25.0. The molecule has 0 saturated heterocycles. The molecule has 1 aliphatic rings. The molecule has 2 amide bonds. The number of carbonyl (C=O) groups is 2. The van der Waals surface area contributed by atoms with Gasteiger partial charge < -0.3 is 20.8 Å². The van der Waals surface area contributed by atoms with Crippen molar-refractivity contribution >= 4 is 12.0 Å². The highest BCUT2D eigenvalue weighted by Crippen LogP contribution is 2.27. The van der Waals surface area contributed by atoms with Gasteiger partial charge in [0.1, 0.15) is 0 Å². The molecule has 1 saturated carbocycles. The normalized spacial score (nSPS) is 22.0. The zero-order valence-electron chi connectivity index (χ0n) is 17.0. The van der Waals surface area contributed by atoms with Crippen LogP contribution in [0, 0.1) is 5.41 Å². The third-order valence-corrected chi connectivity index (χ3v) is 5.82. The lowest BCUT2D eigenvalue weighted by atomic mass is 9.79. The van der Waals surface area contributed by atoms with Gasteiger partial charge in [0.2, 0.25) is 0 Å². The molecule has 156 valence electrons. The molecule has 2 atom stereocenters. The summed E-state index contributed by atoms with van der Waals surface area (Å²) in [7, 11) is 0. The van der Waals surface area contributed by atoms with Gasteiger partial charge in [-0.15, -0.1) is 0 Å². The summed E-state index contributed by atoms with van der Waals surface area (Å²) in [5.74, 6) is -0.827. The predicted octanol–water partition coefficient (Wildman–Crippen LogP) is 1.85. The van der Waals surface area contributed by atoms with Crippen LogP contribution >= 0.6 is 0 Å². The Kier molecular flexibility index (Phi) is 7.83. The van der Waals surface area contributed by atoms with Crippen LogP contribution in [0.4, 0.5) is 4.79 Å². The minimum absolute atomic E-state index is 0.0340. The number of hydrogen-bond donors (Lipinski definition) is 4. The molecular weight excluding hydrogens is 358 g/mol. The first-order chi connectivity index (χ1) is 13.2. The van der Waals surface area contributed by atoms with Gasteiger partial charge in [-0.1, -0.05) is 44.2 Å². The maximum Gasteiger partial charge on any atom is 0.317 e. The van der Waals surface area contributed by atoms with Crippen molar-refractivity contribution in [2.24, 2.45) is 5.41 Å². The zero-order chi connectivity index (χ0) is 20.7. The van der Waals surface area contributed by atoms with Crippen LogP contribution in [0.1, 0.15) is 39.2 Å². The number of carboxylic acids is 1. The Hall–Kier alpha value is -2.12. The predicted molar refractivity (Wildman–Crippen MR) is 108 cm³/mol. The van der Waals surface area contributed by atoms with Gasteiger partial charge in [-0.3, -0.25) is 9.69 Å². The maximum atomic E-state index is 12.3. The number of aliphatic carboxylic acids is 1. The standard InChI is InChI=1S/C21H33N3O4/c1-4-24(13-19(26)27)18-10-17(11-18)23-20(28)22-14-21(3,15(2)25)12-16-8-6-5-7-9-16/h5-9,15,17-18,25H,4,10-14H2,1-3H3,(H,26,27)(H2,22,23,28). The molecule has 0 aromatic heterocycles. The van der Waals surface area contributed by atoms with Gasteiger partial charge in [-0.2, -0.15) is 0 Å². The van der Waals surface area contributed by atoms with Gasteiger partial charge in [0.05, 0.1) is 12.6 Å². The van der Waals surface area contributed by atoms with E-state index in [1.807, 2.05) is 49.1 Å². The quantitative estimate of drug-likeness (QED) is 0.488. The van der Waals surface area contributed by atoms with Crippen LogP contribution in [0.3, 0.4) is 0 Å². The molecule has 1 fully saturated rings. The fourth-order valence-electron chi connectivity index (χ4n) is 3.62. The number of carboxylic acid groups (broad SMARTS) is 1. The third kappa shape index (κ3) is 6.21. The lowest BCUT2D eigenvalue weighted by Gasteiger charge is -2.42. The molecule has 2 rings (SSSR count). The average molecular weight is 392 g/mol. The highest BCUT2D eigenvalue weighted by atomic mass is 16.4. The Morgan fingerprint density at radius 3 is 2.46 bits per heavy atom. The highest BCUT2D eigenvalue weighted by molar-refractivity contribution is 5.74. The number of rotatable bonds is 10. The summed E-state index contributed by atoms with van der Waals surface area (Å²) in [6.45, 7) is 6.74. The topological polar surface area (TPSA) is 102 Å². The van der Waals surface area contributed by atoms with Crippen molar-refractivity contribution in [3.05, 3.63) is 35.9 Å². The van der Waals surface area contributed by atoms with Crippen molar-refractivity contribution in [3.8, 4) is 0 Å². The van der Waals surface area contributed by atoms with Crippen molar-refractivity contribution in [2.45, 2.75) is 58.2 Å². The molecule has 1 aromatic rings. The number of aliphatic hydroxyl groups is 1. The number of urea groups is 1. The molecule has 7 nitrogen and oxygen atoms in total. The number of aliphatic hydroxyl groups excluding tert-OH is 1. The first kappa shape index (κ1) is 22.2. The summed E-state index contributed by atoms with van der Waals surface area (Å²) in [5.41, 5.74) is 0.648. The second-order valence-corrected chi connectivity index (χ2v) is 8.10. The Morgan fingerprint density at radius 2 is 1.93 bits per heavy atom. The van der Waals surface area contributed by atoms with Crippen LogP contribution in [-0.4, -0.2) is 64.9 Å². The molecule has 0 bridgehead atoms. The smallest absolute Gasteiger partial charge is 0.317 e. The van der Waals surface area contributed by atoms with Crippen LogP contribution in [0.2, 0.25) is 0 Å². The number of carbonyl (C=O) groups excluding carboxylic acids is 1. The number of nitrogens with one attached hydrogen (secondary N) is 2. The zero-order valence-corrected chi connectivity index (χ0v) is 17.0. The van der Waals surface area contributed by atoms with E-state index in [0.29, 0.717) is 19.5 Å². The van der Waals surface area contributed by atoms with Crippen LogP contribution < -0.4 is 10.6 Å². The van der Waals surface area contributed by atoms with E-state index in [2.05, 4.69) is 10.6 Å². The van der Waals surface area contributed by atoms with Crippen molar-refractivity contribution in [2.75, 3.05) is 19.6 Å². The molecule has 0 spiro atoms. The fourth-order valence-corrected chi connectivity index (χ4v) is 3.62. The Balaban J connectivity index is 1.79. The summed E-state index contributed by atoms with van der Waals surface area (Å²) in [6, 6.07) is 9.94. The van der Waals surface area contributed by atoms with Gasteiger partial charge in [0.25, 0.3) is 0 Å². The summed E-state index contributed by atoms with van der Waals surface area (Å²) >= 11 is 0. The monoisotopic (exact) mass is 391 g/mol. The third-order valence-electron chi connectivity index (χ3n) is 5.82. The van der Waals surface area contributed by atoms with E-state index < -0.39 is 17.5 Å². The second kappa shape index (κ2) is 9.89. The summed E-state index contributed by atoms with van der Waals surface area (Å²) < 4.78 is 0. The van der Waals surface area contributed by atoms with E-state index in [1.165, 1.54) is 0 Å². The number of hydrogen-bond acceptors (Lipinski definition) is 4. The molecule has 28 heavy (non-hydrogen) atoms. The molecular formula is C21H33N3O4. The van der Waals surface area contributed by atoms with Crippen LogP contribution in [0.15, 0.2) is 30.3 Å². The van der Waals surface area contributed by atoms with Crippen molar-refractivity contribution in [1.82, 2.24) is 15.5 Å². The summed E-state index contributed by atoms with van der Waals surface area (Å²) in [4.78, 5) is 25.1. The maximum absolute atomic E-state index is 12.3. The fraction of sp³-hybridized carbons (Fsp3) is 0.619. The number of benzene rings is 1. The highest BCUT2D eigenvalue weighted by Gasteiger charge is 2.35. The molecule has 4 N–H and O–H groups in total. The lowest BCUT2D eigenvalue weighted by Crippen LogP contribution is -2.57. The number of amides is 2. The Labute approximate surface area is 167 Å². The minimum Gasteiger partial charge on any atom is -0.480 e. The molecule has 0 radical (unpaired) electrons. The largest absolute Gasteiger partial charge is 0.480 e. The van der Waals surface area contributed by atoms with E-state index in [1.54, 1.807) is 6.92 Å². The van der Waals surface area contributed by atoms with Gasteiger partial charge in [-0.25, -0.2) is 4.79 Å². The molecule has 0 aliphatic heterocycles. The van der Waals surface area contributed by atoms with Gasteiger partial charge in [-0.05, 0) is 38.3 Å². The minimum atomic E-state index is -0.827. The van der Waals surface area contributed by atoms with Crippen molar-refractivity contribution in [1.29, 1.82) is 0 Å². The Morgan fingerprint density at radius 1 is 1.29 bits per heavy atom. The first-order valence-electron chi connectivity index (χ1n) is 9.95. The van der Waals surface area contributed by atoms with Crippen molar-refractivity contribution in [3.63, 3.8) is 0 Å². The van der Waals surface area contributed by atoms with Crippen LogP contribution in [0.25, 0.3) is 0 Å². The SMILES string of the molecule is CCN(CC(=O)O)C1CC(NC(=O)NCC(C)(Cc2ccccc2)C(C)O)C1. The van der Waals surface area contributed by atoms with Gasteiger partial charge >= 0.3 is 12.0 Å². The van der Waals surface area contributed by atoms with E-state index in [-0.39, 0.29) is 24.7 Å². The van der Waals surface area contributed by atoms with Gasteiger partial charge in [0, 0.05) is 24.0 Å². The van der Waals surface area contributed by atoms with E-state index in [0.717, 1.165) is 18.4 Å². The van der Waals surface area contributed by atoms with E-state index >= 15 is 0 Å². The van der Waals surface area contributed by atoms with Crippen LogP contribution in [-0.2, 0) is 11.2 Å². The van der Waals surface area contributed by atoms with Crippen molar-refractivity contribution < 1.29 is 19.8 Å².